The highest BCUT2D eigenvalue weighted by atomic mass is 16.1. The molecule has 0 bridgehead atoms. The Morgan fingerprint density at radius 1 is 1.16 bits per heavy atom. The van der Waals surface area contributed by atoms with Crippen molar-refractivity contribution in [1.29, 1.82) is 0 Å². The molecule has 0 saturated carbocycles. The maximum absolute atomic E-state index is 11.5. The van der Waals surface area contributed by atoms with Gasteiger partial charge < -0.3 is 5.32 Å². The van der Waals surface area contributed by atoms with Crippen molar-refractivity contribution >= 4 is 11.6 Å². The number of hydrogen-bond acceptors (Lipinski definition) is 1. The lowest BCUT2D eigenvalue weighted by molar-refractivity contribution is -0.116. The summed E-state index contributed by atoms with van der Waals surface area (Å²) < 4.78 is 0. The highest BCUT2D eigenvalue weighted by Gasteiger charge is 2.12. The highest BCUT2D eigenvalue weighted by molar-refractivity contribution is 5.90. The maximum atomic E-state index is 11.5. The first kappa shape index (κ1) is 17.7. The fourth-order valence-electron chi connectivity index (χ4n) is 1.61. The van der Waals surface area contributed by atoms with Crippen molar-refractivity contribution < 1.29 is 6.22 Å². The van der Waals surface area contributed by atoms with Crippen molar-refractivity contribution in [1.82, 2.24) is 0 Å². The van der Waals surface area contributed by atoms with Crippen LogP contribution in [-0.4, -0.2) is 5.91 Å². The molecule has 0 aromatic heterocycles. The van der Waals surface area contributed by atoms with E-state index >= 15 is 0 Å². The summed E-state index contributed by atoms with van der Waals surface area (Å²) in [4.78, 5) is 11.5. The molecule has 2 nitrogen and oxygen atoms in total. The summed E-state index contributed by atoms with van der Waals surface area (Å²) in [6.07, 6.45) is 2.61. The molecule has 1 aromatic rings. The first-order valence-electron chi connectivity index (χ1n) is 7.34. The number of carbonyl (C=O) groups is 1. The van der Waals surface area contributed by atoms with Crippen LogP contribution in [0.1, 0.15) is 67.8 Å². The zero-order valence-electron chi connectivity index (χ0n) is 13.3. The second-order valence-electron chi connectivity index (χ2n) is 5.48. The number of hydrogen-bond donors (Lipinski definition) is 1. The van der Waals surface area contributed by atoms with Crippen LogP contribution in [0.4, 0.5) is 5.69 Å². The molecule has 0 aliphatic rings. The summed E-state index contributed by atoms with van der Waals surface area (Å²) in [5, 5.41) is 2.92. The normalized spacial score (nSPS) is 10.4. The average molecular weight is 265 g/mol. The molecule has 1 rings (SSSR count). The van der Waals surface area contributed by atoms with Crippen LogP contribution >= 0.6 is 0 Å². The molecule has 19 heavy (non-hydrogen) atoms. The van der Waals surface area contributed by atoms with Crippen LogP contribution in [0.15, 0.2) is 24.3 Å². The Morgan fingerprint density at radius 3 is 2.11 bits per heavy atom. The van der Waals surface area contributed by atoms with Gasteiger partial charge in [-0.2, -0.15) is 0 Å². The minimum atomic E-state index is 0. The standard InChI is InChI=1S/C15H23NO.C2H6.H2/c1-5-6-7-14(17)16-13-10-8-12(9-11-13)15(2,3)4;1-2;/h8-11H,5-7H2,1-4H3,(H,16,17);1-2H3;1H. The lowest BCUT2D eigenvalue weighted by Gasteiger charge is -2.19. The van der Waals surface area contributed by atoms with Gasteiger partial charge in [-0.15, -0.1) is 0 Å². The second kappa shape index (κ2) is 8.73. The Labute approximate surface area is 120 Å². The summed E-state index contributed by atoms with van der Waals surface area (Å²) in [5.74, 6) is 0.107. The van der Waals surface area contributed by atoms with E-state index < -0.39 is 0 Å². The molecule has 2 heteroatoms. The van der Waals surface area contributed by atoms with Crippen molar-refractivity contribution in [3.05, 3.63) is 29.8 Å². The van der Waals surface area contributed by atoms with Crippen molar-refractivity contribution in [2.24, 2.45) is 0 Å². The third-order valence-electron chi connectivity index (χ3n) is 2.79. The Hall–Kier alpha value is -1.31. The number of amides is 1. The van der Waals surface area contributed by atoms with E-state index in [2.05, 4.69) is 45.1 Å². The molecule has 0 radical (unpaired) electrons. The smallest absolute Gasteiger partial charge is 0.224 e. The SMILES string of the molecule is CC.CCCCC(=O)Nc1ccc(C(C)(C)C)cc1.[HH]. The lowest BCUT2D eigenvalue weighted by Crippen LogP contribution is -2.13. The molecule has 0 atom stereocenters. The highest BCUT2D eigenvalue weighted by Crippen LogP contribution is 2.23. The minimum absolute atomic E-state index is 0. The number of unbranched alkanes of at least 4 members (excludes halogenated alkanes) is 1. The van der Waals surface area contributed by atoms with E-state index in [1.807, 2.05) is 26.0 Å². The van der Waals surface area contributed by atoms with Gasteiger partial charge in [0.25, 0.3) is 0 Å². The quantitative estimate of drug-likeness (QED) is 0.777. The van der Waals surface area contributed by atoms with Crippen molar-refractivity contribution in [3.8, 4) is 0 Å². The van der Waals surface area contributed by atoms with E-state index in [4.69, 9.17) is 0 Å². The van der Waals surface area contributed by atoms with E-state index in [1.165, 1.54) is 5.56 Å². The topological polar surface area (TPSA) is 29.1 Å². The summed E-state index contributed by atoms with van der Waals surface area (Å²) in [6.45, 7) is 12.6. The fraction of sp³-hybridized carbons (Fsp3) is 0.588. The van der Waals surface area contributed by atoms with Gasteiger partial charge in [-0.25, -0.2) is 0 Å². The van der Waals surface area contributed by atoms with Crippen LogP contribution in [0.3, 0.4) is 0 Å². The third-order valence-corrected chi connectivity index (χ3v) is 2.79. The minimum Gasteiger partial charge on any atom is -0.326 e. The van der Waals surface area contributed by atoms with Gasteiger partial charge in [0.1, 0.15) is 0 Å². The Kier molecular flexibility index (Phi) is 8.13. The molecule has 1 N–H and O–H groups in total. The van der Waals surface area contributed by atoms with E-state index in [1.54, 1.807) is 0 Å². The second-order valence-corrected chi connectivity index (χ2v) is 5.48. The summed E-state index contributed by atoms with van der Waals surface area (Å²) in [5.41, 5.74) is 2.33. The number of benzene rings is 1. The predicted molar refractivity (Wildman–Crippen MR) is 86.8 cm³/mol. The molecule has 0 aliphatic carbocycles. The van der Waals surface area contributed by atoms with Gasteiger partial charge >= 0.3 is 0 Å². The lowest BCUT2D eigenvalue weighted by atomic mass is 9.87. The summed E-state index contributed by atoms with van der Waals surface area (Å²) in [6, 6.07) is 8.11. The van der Waals surface area contributed by atoms with Gasteiger partial charge in [0.2, 0.25) is 5.91 Å². The van der Waals surface area contributed by atoms with Crippen LogP contribution in [-0.2, 0) is 10.2 Å². The van der Waals surface area contributed by atoms with Gasteiger partial charge in [0.15, 0.2) is 0 Å². The molecular formula is C17H31NO. The Balaban J connectivity index is 0. The molecule has 0 unspecified atom stereocenters. The molecule has 0 saturated heterocycles. The van der Waals surface area contributed by atoms with Gasteiger partial charge in [0, 0.05) is 13.5 Å². The zero-order valence-corrected chi connectivity index (χ0v) is 13.3. The number of anilines is 1. The molecule has 0 aliphatic heterocycles. The zero-order chi connectivity index (χ0) is 14.9. The molecule has 0 spiro atoms. The largest absolute Gasteiger partial charge is 0.326 e. The fourth-order valence-corrected chi connectivity index (χ4v) is 1.61. The molecule has 0 fully saturated rings. The van der Waals surface area contributed by atoms with Gasteiger partial charge in [-0.1, -0.05) is 60.1 Å². The van der Waals surface area contributed by atoms with Crippen molar-refractivity contribution in [2.45, 2.75) is 66.2 Å². The predicted octanol–water partition coefficient (Wildman–Crippen LogP) is 5.39. The number of carbonyl (C=O) groups excluding carboxylic acids is 1. The van der Waals surface area contributed by atoms with Gasteiger partial charge in [-0.05, 0) is 29.5 Å². The van der Waals surface area contributed by atoms with Crippen LogP contribution in [0, 0.1) is 0 Å². The molecular weight excluding hydrogens is 234 g/mol. The van der Waals surface area contributed by atoms with E-state index in [0.29, 0.717) is 6.42 Å². The maximum Gasteiger partial charge on any atom is 0.224 e. The van der Waals surface area contributed by atoms with Crippen LogP contribution in [0.2, 0.25) is 0 Å². The number of nitrogens with one attached hydrogen (secondary N) is 1. The van der Waals surface area contributed by atoms with Gasteiger partial charge in [0.05, 0.1) is 0 Å². The average Bonchev–Trinajstić information content (AvgIpc) is 2.38. The summed E-state index contributed by atoms with van der Waals surface area (Å²) in [7, 11) is 0. The third kappa shape index (κ3) is 7.00. The monoisotopic (exact) mass is 265 g/mol. The molecule has 0 heterocycles. The molecule has 1 amide bonds. The molecule has 1 aromatic carbocycles. The molecule has 110 valence electrons. The van der Waals surface area contributed by atoms with E-state index in [9.17, 15) is 4.79 Å². The first-order chi connectivity index (χ1) is 8.93. The van der Waals surface area contributed by atoms with Crippen molar-refractivity contribution in [2.75, 3.05) is 5.32 Å². The van der Waals surface area contributed by atoms with Gasteiger partial charge in [-0.3, -0.25) is 4.79 Å². The first-order valence-corrected chi connectivity index (χ1v) is 7.34. The van der Waals surface area contributed by atoms with Crippen LogP contribution < -0.4 is 5.32 Å². The number of rotatable bonds is 4. The van der Waals surface area contributed by atoms with Crippen LogP contribution in [0.25, 0.3) is 0 Å². The van der Waals surface area contributed by atoms with Crippen LogP contribution in [0.5, 0.6) is 0 Å². The van der Waals surface area contributed by atoms with Crippen molar-refractivity contribution in [3.63, 3.8) is 0 Å². The Morgan fingerprint density at radius 2 is 1.68 bits per heavy atom. The Bertz CT molecular complexity index is 366. The van der Waals surface area contributed by atoms with E-state index in [-0.39, 0.29) is 12.7 Å². The summed E-state index contributed by atoms with van der Waals surface area (Å²) >= 11 is 0. The van der Waals surface area contributed by atoms with E-state index in [0.717, 1.165) is 18.5 Å².